The Labute approximate surface area is 139 Å². The molecule has 0 saturated carbocycles. The molecular weight excluding hydrogens is 323 g/mol. The summed E-state index contributed by atoms with van der Waals surface area (Å²) < 4.78 is 1.52. The number of carbonyl (C=O) groups is 1. The van der Waals surface area contributed by atoms with E-state index in [4.69, 9.17) is 23.2 Å². The van der Waals surface area contributed by atoms with Crippen LogP contribution in [0.25, 0.3) is 0 Å². The molecule has 0 fully saturated rings. The molecule has 0 bridgehead atoms. The minimum Gasteiger partial charge on any atom is -0.353 e. The maximum Gasteiger partial charge on any atom is 0.244 e. The van der Waals surface area contributed by atoms with Crippen LogP contribution < -0.4 is 5.32 Å². The summed E-state index contributed by atoms with van der Waals surface area (Å²) in [6.07, 6.45) is 2.93. The van der Waals surface area contributed by atoms with Gasteiger partial charge < -0.3 is 5.32 Å². The molecule has 1 N–H and O–H groups in total. The quantitative estimate of drug-likeness (QED) is 0.908. The van der Waals surface area contributed by atoms with Gasteiger partial charge in [-0.2, -0.15) is 5.10 Å². The van der Waals surface area contributed by atoms with E-state index in [9.17, 15) is 4.79 Å². The van der Waals surface area contributed by atoms with Gasteiger partial charge in [0.15, 0.2) is 0 Å². The predicted molar refractivity (Wildman–Crippen MR) is 87.2 cm³/mol. The van der Waals surface area contributed by atoms with Gasteiger partial charge in [-0.25, -0.2) is 9.67 Å². The molecule has 0 saturated heterocycles. The number of aromatic nitrogens is 3. The number of rotatable bonds is 5. The molecule has 22 heavy (non-hydrogen) atoms. The zero-order valence-electron chi connectivity index (χ0n) is 12.7. The van der Waals surface area contributed by atoms with Crippen molar-refractivity contribution in [1.82, 2.24) is 20.1 Å². The van der Waals surface area contributed by atoms with Crippen LogP contribution in [0.15, 0.2) is 30.9 Å². The van der Waals surface area contributed by atoms with Crippen molar-refractivity contribution in [1.29, 1.82) is 0 Å². The minimum absolute atomic E-state index is 0.112. The zero-order valence-corrected chi connectivity index (χ0v) is 14.2. The van der Waals surface area contributed by atoms with Gasteiger partial charge in [0.05, 0.1) is 10.0 Å². The monoisotopic (exact) mass is 340 g/mol. The topological polar surface area (TPSA) is 59.8 Å². The first-order valence-electron chi connectivity index (χ1n) is 6.88. The molecule has 0 radical (unpaired) electrons. The van der Waals surface area contributed by atoms with Crippen LogP contribution in [0.3, 0.4) is 0 Å². The van der Waals surface area contributed by atoms with E-state index in [0.29, 0.717) is 16.6 Å². The van der Waals surface area contributed by atoms with Crippen LogP contribution >= 0.6 is 23.2 Å². The van der Waals surface area contributed by atoms with Crippen LogP contribution in [-0.2, 0) is 10.2 Å². The van der Waals surface area contributed by atoms with E-state index in [2.05, 4.69) is 15.4 Å². The Balaban J connectivity index is 2.02. The third-order valence-corrected chi connectivity index (χ3v) is 4.36. The summed E-state index contributed by atoms with van der Waals surface area (Å²) in [4.78, 5) is 16.0. The molecule has 2 aromatic rings. The lowest BCUT2D eigenvalue weighted by Crippen LogP contribution is -2.39. The van der Waals surface area contributed by atoms with Gasteiger partial charge in [-0.3, -0.25) is 4.79 Å². The highest BCUT2D eigenvalue weighted by atomic mass is 35.5. The number of nitrogens with one attached hydrogen (secondary N) is 1. The summed E-state index contributed by atoms with van der Waals surface area (Å²) in [6, 6.07) is 5.10. The number of hydrogen-bond acceptors (Lipinski definition) is 3. The summed E-state index contributed by atoms with van der Waals surface area (Å²) in [6.45, 7) is 6.32. The molecule has 1 amide bonds. The number of carbonyl (C=O) groups excluding carboxylic acids is 1. The lowest BCUT2D eigenvalue weighted by Gasteiger charge is -2.27. The van der Waals surface area contributed by atoms with Gasteiger partial charge in [0.1, 0.15) is 18.7 Å². The molecule has 0 aliphatic rings. The van der Waals surface area contributed by atoms with Gasteiger partial charge in [-0.15, -0.1) is 0 Å². The van der Waals surface area contributed by atoms with Crippen LogP contribution in [0.1, 0.15) is 32.4 Å². The zero-order chi connectivity index (χ0) is 16.3. The first kappa shape index (κ1) is 16.8. The Morgan fingerprint density at radius 1 is 1.36 bits per heavy atom. The molecule has 0 spiro atoms. The highest BCUT2D eigenvalue weighted by Crippen LogP contribution is 2.29. The Hall–Kier alpha value is -1.59. The van der Waals surface area contributed by atoms with E-state index in [1.165, 1.54) is 17.3 Å². The molecule has 0 aliphatic carbocycles. The van der Waals surface area contributed by atoms with E-state index < -0.39 is 6.04 Å². The largest absolute Gasteiger partial charge is 0.353 e. The van der Waals surface area contributed by atoms with Crippen LogP contribution in [0.2, 0.25) is 10.0 Å². The first-order valence-corrected chi connectivity index (χ1v) is 7.64. The maximum absolute atomic E-state index is 12.2. The van der Waals surface area contributed by atoms with Crippen molar-refractivity contribution >= 4 is 29.1 Å². The summed E-state index contributed by atoms with van der Waals surface area (Å²) >= 11 is 12.0. The Morgan fingerprint density at radius 2 is 2.09 bits per heavy atom. The van der Waals surface area contributed by atoms with Crippen LogP contribution in [0, 0.1) is 0 Å². The number of nitrogens with zero attached hydrogens (tertiary/aromatic N) is 3. The molecular formula is C15H18Cl2N4O. The minimum atomic E-state index is -0.410. The average molecular weight is 341 g/mol. The van der Waals surface area contributed by atoms with Crippen LogP contribution in [-0.4, -0.2) is 27.2 Å². The van der Waals surface area contributed by atoms with Crippen LogP contribution in [0.4, 0.5) is 0 Å². The smallest absolute Gasteiger partial charge is 0.244 e. The third-order valence-electron chi connectivity index (χ3n) is 3.62. The van der Waals surface area contributed by atoms with Gasteiger partial charge in [-0.05, 0) is 24.6 Å². The lowest BCUT2D eigenvalue weighted by molar-refractivity contribution is -0.124. The Morgan fingerprint density at radius 3 is 2.68 bits per heavy atom. The number of amides is 1. The first-order chi connectivity index (χ1) is 10.3. The van der Waals surface area contributed by atoms with E-state index in [1.54, 1.807) is 13.0 Å². The van der Waals surface area contributed by atoms with Crippen molar-refractivity contribution in [2.24, 2.45) is 0 Å². The molecule has 1 aromatic carbocycles. The van der Waals surface area contributed by atoms with Crippen molar-refractivity contribution in [3.8, 4) is 0 Å². The fourth-order valence-electron chi connectivity index (χ4n) is 2.01. The standard InChI is InChI=1S/C15H18Cl2N4O/c1-10(21-9-18-8-20-21)14(22)19-7-15(2,3)11-4-5-12(16)13(17)6-11/h4-6,8-10H,7H2,1-3H3,(H,19,22)/t10-/m0/s1. The molecule has 0 aliphatic heterocycles. The van der Waals surface area contributed by atoms with Gasteiger partial charge in [0.2, 0.25) is 5.91 Å². The van der Waals surface area contributed by atoms with Gasteiger partial charge in [0.25, 0.3) is 0 Å². The molecule has 0 unspecified atom stereocenters. The van der Waals surface area contributed by atoms with E-state index in [-0.39, 0.29) is 11.3 Å². The molecule has 118 valence electrons. The van der Waals surface area contributed by atoms with E-state index in [1.807, 2.05) is 26.0 Å². The second-order valence-corrected chi connectivity index (χ2v) is 6.60. The fraction of sp³-hybridized carbons (Fsp3) is 0.400. The van der Waals surface area contributed by atoms with Gasteiger partial charge in [0, 0.05) is 12.0 Å². The SMILES string of the molecule is C[C@@H](C(=O)NCC(C)(C)c1ccc(Cl)c(Cl)c1)n1cncn1. The molecule has 1 atom stereocenters. The third kappa shape index (κ3) is 3.78. The number of hydrogen-bond donors (Lipinski definition) is 1. The van der Waals surface area contributed by atoms with Gasteiger partial charge in [-0.1, -0.05) is 43.1 Å². The second kappa shape index (κ2) is 6.67. The average Bonchev–Trinajstić information content (AvgIpc) is 3.01. The van der Waals surface area contributed by atoms with Crippen molar-refractivity contribution in [2.45, 2.75) is 32.2 Å². The van der Waals surface area contributed by atoms with E-state index in [0.717, 1.165) is 5.56 Å². The van der Waals surface area contributed by atoms with E-state index >= 15 is 0 Å². The number of halogens is 2. The highest BCUT2D eigenvalue weighted by Gasteiger charge is 2.24. The molecule has 1 aromatic heterocycles. The summed E-state index contributed by atoms with van der Waals surface area (Å²) in [5.74, 6) is -0.112. The molecule has 1 heterocycles. The normalized spacial score (nSPS) is 13.0. The summed E-state index contributed by atoms with van der Waals surface area (Å²) in [7, 11) is 0. The van der Waals surface area contributed by atoms with Crippen molar-refractivity contribution in [3.63, 3.8) is 0 Å². The Kier molecular flexibility index (Phi) is 5.08. The van der Waals surface area contributed by atoms with Gasteiger partial charge >= 0.3 is 0 Å². The van der Waals surface area contributed by atoms with Crippen LogP contribution in [0.5, 0.6) is 0 Å². The number of benzene rings is 1. The highest BCUT2D eigenvalue weighted by molar-refractivity contribution is 6.42. The second-order valence-electron chi connectivity index (χ2n) is 5.78. The summed E-state index contributed by atoms with van der Waals surface area (Å²) in [5.41, 5.74) is 0.738. The fourth-order valence-corrected chi connectivity index (χ4v) is 2.31. The lowest BCUT2D eigenvalue weighted by atomic mass is 9.84. The molecule has 2 rings (SSSR count). The van der Waals surface area contributed by atoms with Crippen molar-refractivity contribution in [2.75, 3.05) is 6.54 Å². The summed E-state index contributed by atoms with van der Waals surface area (Å²) in [5, 5.41) is 7.94. The van der Waals surface area contributed by atoms with Crippen molar-refractivity contribution < 1.29 is 4.79 Å². The Bertz CT molecular complexity index is 656. The molecule has 7 heteroatoms. The molecule has 5 nitrogen and oxygen atoms in total. The van der Waals surface area contributed by atoms with Crippen molar-refractivity contribution in [3.05, 3.63) is 46.5 Å². The maximum atomic E-state index is 12.2. The predicted octanol–water partition coefficient (Wildman–Crippen LogP) is 3.24.